The van der Waals surface area contributed by atoms with Gasteiger partial charge < -0.3 is 28.4 Å². The summed E-state index contributed by atoms with van der Waals surface area (Å²) in [5.41, 5.74) is 3.98. The minimum absolute atomic E-state index is 0.0977. The van der Waals surface area contributed by atoms with Gasteiger partial charge in [-0.3, -0.25) is 4.79 Å². The van der Waals surface area contributed by atoms with Gasteiger partial charge in [0, 0.05) is 0 Å². The molecule has 2 heterocycles. The number of fused-ring (bicyclic) bond motifs is 1. The molecule has 2 fully saturated rings. The van der Waals surface area contributed by atoms with Crippen molar-refractivity contribution in [3.05, 3.63) is 120 Å². The summed E-state index contributed by atoms with van der Waals surface area (Å²) in [5, 5.41) is 0. The van der Waals surface area contributed by atoms with Crippen LogP contribution in [0.1, 0.15) is 36.5 Å². The van der Waals surface area contributed by atoms with Gasteiger partial charge in [0.15, 0.2) is 0 Å². The van der Waals surface area contributed by atoms with Crippen molar-refractivity contribution >= 4 is 5.97 Å². The molecule has 0 unspecified atom stereocenters. The molecule has 2 aliphatic heterocycles. The first kappa shape index (κ1) is 30.1. The third-order valence-corrected chi connectivity index (χ3v) is 7.59. The average molecular weight is 573 g/mol. The highest BCUT2D eigenvalue weighted by atomic mass is 16.6. The molecule has 42 heavy (non-hydrogen) atoms. The molecule has 6 atom stereocenters. The topological polar surface area (TPSA) is 72.5 Å². The zero-order valence-corrected chi connectivity index (χ0v) is 24.1. The summed E-state index contributed by atoms with van der Waals surface area (Å²) in [5.74, 6) is -0.315. The number of carbonyl (C=O) groups excluding carboxylic acids is 1. The third kappa shape index (κ3) is 8.15. The maximum atomic E-state index is 12.4. The van der Waals surface area contributed by atoms with E-state index in [4.69, 9.17) is 28.4 Å². The Hall–Kier alpha value is -3.33. The van der Waals surface area contributed by atoms with E-state index in [9.17, 15) is 4.79 Å². The molecule has 7 heteroatoms. The zero-order valence-electron chi connectivity index (χ0n) is 24.1. The van der Waals surface area contributed by atoms with E-state index in [2.05, 4.69) is 6.58 Å². The molecule has 0 radical (unpaired) electrons. The summed E-state index contributed by atoms with van der Waals surface area (Å²) >= 11 is 0. The number of ether oxygens (including phenoxy) is 6. The molecule has 2 saturated heterocycles. The van der Waals surface area contributed by atoms with Crippen LogP contribution in [0, 0.1) is 0 Å². The number of hydrogen-bond acceptors (Lipinski definition) is 7. The molecule has 222 valence electrons. The van der Waals surface area contributed by atoms with Crippen molar-refractivity contribution in [2.75, 3.05) is 13.2 Å². The maximum Gasteiger partial charge on any atom is 0.308 e. The van der Waals surface area contributed by atoms with E-state index in [1.165, 1.54) is 0 Å². The Balaban J connectivity index is 1.38. The van der Waals surface area contributed by atoms with Crippen LogP contribution >= 0.6 is 0 Å². The molecular weight excluding hydrogens is 532 g/mol. The summed E-state index contributed by atoms with van der Waals surface area (Å²) in [4.78, 5) is 12.4. The third-order valence-electron chi connectivity index (χ3n) is 7.59. The SMILES string of the molecule is C=C1C[C@@H]2O[C@H](COCc3ccccc3)[C@@H](OCc3ccccc3)[C@H](OCc3ccccc3)[C@H]2O[C@H]1CC(=O)OCC. The molecule has 7 nitrogen and oxygen atoms in total. The second-order valence-electron chi connectivity index (χ2n) is 10.7. The van der Waals surface area contributed by atoms with Crippen molar-refractivity contribution in [3.8, 4) is 0 Å². The summed E-state index contributed by atoms with van der Waals surface area (Å²) in [6, 6.07) is 30.1. The Kier molecular flexibility index (Phi) is 10.9. The van der Waals surface area contributed by atoms with Crippen LogP contribution in [0.15, 0.2) is 103 Å². The number of rotatable bonds is 13. The van der Waals surface area contributed by atoms with Gasteiger partial charge in [0.1, 0.15) is 24.4 Å². The fraction of sp³-hybridized carbons (Fsp3) is 0.400. The highest BCUT2D eigenvalue weighted by Gasteiger charge is 2.51. The van der Waals surface area contributed by atoms with Crippen molar-refractivity contribution in [1.29, 1.82) is 0 Å². The second kappa shape index (κ2) is 15.2. The standard InChI is InChI=1S/C35H40O7/c1-3-38-32(36)20-29-25(2)19-30-34(42-29)35(40-23-28-17-11-6-12-18-28)33(39-22-27-15-9-5-10-16-27)31(41-30)24-37-21-26-13-7-4-8-14-26/h4-18,29-31,33-35H,2-3,19-24H2,1H3/t29-,30-,31+,33+,34-,35-/m0/s1. The Bertz CT molecular complexity index is 1250. The first-order chi connectivity index (χ1) is 20.6. The number of hydrogen-bond donors (Lipinski definition) is 0. The molecule has 0 aliphatic carbocycles. The van der Waals surface area contributed by atoms with Crippen LogP contribution in [-0.4, -0.2) is 55.8 Å². The lowest BCUT2D eigenvalue weighted by atomic mass is 9.86. The van der Waals surface area contributed by atoms with Crippen molar-refractivity contribution in [1.82, 2.24) is 0 Å². The monoisotopic (exact) mass is 572 g/mol. The summed E-state index contributed by atoms with van der Waals surface area (Å²) < 4.78 is 37.8. The van der Waals surface area contributed by atoms with Crippen LogP contribution in [0.5, 0.6) is 0 Å². The van der Waals surface area contributed by atoms with E-state index in [0.717, 1.165) is 22.3 Å². The Morgan fingerprint density at radius 1 is 0.786 bits per heavy atom. The van der Waals surface area contributed by atoms with E-state index in [-0.39, 0.29) is 18.5 Å². The molecular formula is C35H40O7. The van der Waals surface area contributed by atoms with E-state index < -0.39 is 30.5 Å². The average Bonchev–Trinajstić information content (AvgIpc) is 3.01. The number of esters is 1. The molecule has 0 aromatic heterocycles. The van der Waals surface area contributed by atoms with Crippen molar-refractivity contribution in [3.63, 3.8) is 0 Å². The van der Waals surface area contributed by atoms with E-state index in [1.54, 1.807) is 6.92 Å². The van der Waals surface area contributed by atoms with Gasteiger partial charge in [0.05, 0.1) is 51.7 Å². The Labute approximate surface area is 248 Å². The molecule has 0 spiro atoms. The highest BCUT2D eigenvalue weighted by Crippen LogP contribution is 2.38. The second-order valence-corrected chi connectivity index (χ2v) is 10.7. The van der Waals surface area contributed by atoms with Crippen LogP contribution in [0.4, 0.5) is 0 Å². The fourth-order valence-corrected chi connectivity index (χ4v) is 5.48. The molecule has 2 aliphatic rings. The van der Waals surface area contributed by atoms with Crippen molar-refractivity contribution < 1.29 is 33.2 Å². The summed E-state index contributed by atoms with van der Waals surface area (Å²) in [6.45, 7) is 7.87. The molecule has 3 aromatic carbocycles. The molecule has 0 bridgehead atoms. The van der Waals surface area contributed by atoms with Gasteiger partial charge in [-0.2, -0.15) is 0 Å². The van der Waals surface area contributed by atoms with Gasteiger partial charge in [-0.15, -0.1) is 0 Å². The van der Waals surface area contributed by atoms with Crippen LogP contribution < -0.4 is 0 Å². The number of carbonyl (C=O) groups is 1. The van der Waals surface area contributed by atoms with E-state index in [0.29, 0.717) is 39.5 Å². The smallest absolute Gasteiger partial charge is 0.308 e. The van der Waals surface area contributed by atoms with Crippen molar-refractivity contribution in [2.24, 2.45) is 0 Å². The minimum atomic E-state index is -0.489. The highest BCUT2D eigenvalue weighted by molar-refractivity contribution is 5.70. The lowest BCUT2D eigenvalue weighted by Crippen LogP contribution is -2.63. The summed E-state index contributed by atoms with van der Waals surface area (Å²) in [6.07, 6.45) is -2.00. The fourth-order valence-electron chi connectivity index (χ4n) is 5.48. The first-order valence-corrected chi connectivity index (χ1v) is 14.7. The van der Waals surface area contributed by atoms with Gasteiger partial charge in [-0.1, -0.05) is 97.6 Å². The zero-order chi connectivity index (χ0) is 29.1. The van der Waals surface area contributed by atoms with Gasteiger partial charge in [-0.05, 0) is 35.6 Å². The molecule has 5 rings (SSSR count). The van der Waals surface area contributed by atoms with Gasteiger partial charge in [0.25, 0.3) is 0 Å². The van der Waals surface area contributed by atoms with E-state index in [1.807, 2.05) is 91.0 Å². The molecule has 0 amide bonds. The summed E-state index contributed by atoms with van der Waals surface area (Å²) in [7, 11) is 0. The lowest BCUT2D eigenvalue weighted by molar-refractivity contribution is -0.284. The van der Waals surface area contributed by atoms with Crippen LogP contribution in [0.25, 0.3) is 0 Å². The normalized spacial score (nSPS) is 25.5. The Morgan fingerprint density at radius 2 is 1.33 bits per heavy atom. The molecule has 3 aromatic rings. The van der Waals surface area contributed by atoms with Gasteiger partial charge >= 0.3 is 5.97 Å². The van der Waals surface area contributed by atoms with Crippen LogP contribution in [0.2, 0.25) is 0 Å². The number of benzene rings is 3. The quantitative estimate of drug-likeness (QED) is 0.189. The maximum absolute atomic E-state index is 12.4. The Morgan fingerprint density at radius 3 is 1.90 bits per heavy atom. The molecule has 0 N–H and O–H groups in total. The lowest BCUT2D eigenvalue weighted by Gasteiger charge is -2.50. The van der Waals surface area contributed by atoms with E-state index >= 15 is 0 Å². The largest absolute Gasteiger partial charge is 0.466 e. The predicted molar refractivity (Wildman–Crippen MR) is 158 cm³/mol. The first-order valence-electron chi connectivity index (χ1n) is 14.7. The van der Waals surface area contributed by atoms with Gasteiger partial charge in [-0.25, -0.2) is 0 Å². The molecule has 0 saturated carbocycles. The van der Waals surface area contributed by atoms with Crippen LogP contribution in [-0.2, 0) is 53.0 Å². The predicted octanol–water partition coefficient (Wildman–Crippen LogP) is 5.81. The van der Waals surface area contributed by atoms with Crippen LogP contribution in [0.3, 0.4) is 0 Å². The van der Waals surface area contributed by atoms with Crippen molar-refractivity contribution in [2.45, 2.75) is 76.2 Å². The minimum Gasteiger partial charge on any atom is -0.466 e. The van der Waals surface area contributed by atoms with Gasteiger partial charge in [0.2, 0.25) is 0 Å².